The van der Waals surface area contributed by atoms with Crippen LogP contribution in [0.2, 0.25) is 0 Å². The van der Waals surface area contributed by atoms with Crippen molar-refractivity contribution < 1.29 is 18.3 Å². The zero-order valence-electron chi connectivity index (χ0n) is 16.6. The molecule has 0 aliphatic carbocycles. The van der Waals surface area contributed by atoms with E-state index in [-0.39, 0.29) is 50.8 Å². The predicted molar refractivity (Wildman–Crippen MR) is 124 cm³/mol. The van der Waals surface area contributed by atoms with Crippen LogP contribution in [0.3, 0.4) is 0 Å². The highest BCUT2D eigenvalue weighted by Gasteiger charge is 2.42. The summed E-state index contributed by atoms with van der Waals surface area (Å²) < 4.78 is 25.4. The van der Waals surface area contributed by atoms with E-state index in [2.05, 4.69) is 10.3 Å². The predicted octanol–water partition coefficient (Wildman–Crippen LogP) is 0.795. The summed E-state index contributed by atoms with van der Waals surface area (Å²) in [6.07, 6.45) is 3.37. The number of hydrogen-bond acceptors (Lipinski definition) is 9. The van der Waals surface area contributed by atoms with E-state index in [9.17, 15) is 23.1 Å². The summed E-state index contributed by atoms with van der Waals surface area (Å²) >= 11 is 6.37. The van der Waals surface area contributed by atoms with Gasteiger partial charge in [-0.2, -0.15) is 0 Å². The van der Waals surface area contributed by atoms with Crippen LogP contribution in [0.25, 0.3) is 11.7 Å². The molecule has 2 fully saturated rings. The largest absolute Gasteiger partial charge is 0.395 e. The number of carbonyl (C=O) groups is 1. The van der Waals surface area contributed by atoms with Crippen LogP contribution in [0.1, 0.15) is 17.5 Å². The topological polar surface area (TPSA) is 121 Å². The first kappa shape index (κ1) is 21.9. The lowest BCUT2D eigenvalue weighted by molar-refractivity contribution is -0.123. The molecule has 2 aliphatic heterocycles. The molecule has 2 aliphatic rings. The van der Waals surface area contributed by atoms with Gasteiger partial charge in [-0.15, -0.1) is 0 Å². The third-order valence-corrected chi connectivity index (χ3v) is 8.24. The van der Waals surface area contributed by atoms with Gasteiger partial charge in [0.25, 0.3) is 11.5 Å². The number of nitrogens with one attached hydrogen (secondary N) is 1. The number of fused-ring (bicyclic) bond motifs is 1. The second-order valence-corrected chi connectivity index (χ2v) is 11.2. The minimum absolute atomic E-state index is 0.0261. The summed E-state index contributed by atoms with van der Waals surface area (Å²) in [5.74, 6) is -0.255. The van der Waals surface area contributed by atoms with Crippen molar-refractivity contribution in [2.75, 3.05) is 30.0 Å². The van der Waals surface area contributed by atoms with Crippen LogP contribution in [0, 0.1) is 6.92 Å². The molecule has 12 heteroatoms. The Hall–Kier alpha value is -2.28. The van der Waals surface area contributed by atoms with Gasteiger partial charge in [-0.05, 0) is 31.1 Å². The van der Waals surface area contributed by atoms with Crippen molar-refractivity contribution in [3.8, 4) is 0 Å². The maximum absolute atomic E-state index is 13.2. The summed E-state index contributed by atoms with van der Waals surface area (Å²) in [4.78, 5) is 32.3. The number of anilines is 1. The Labute approximate surface area is 188 Å². The fraction of sp³-hybridized carbons (Fsp3) is 0.368. The molecular weight excluding hydrogens is 460 g/mol. The lowest BCUT2D eigenvalue weighted by Crippen LogP contribution is -2.39. The number of sulfone groups is 1. The summed E-state index contributed by atoms with van der Waals surface area (Å²) in [5.41, 5.74) is 1.06. The molecule has 2 aromatic rings. The zero-order chi connectivity index (χ0) is 22.3. The Morgan fingerprint density at radius 3 is 2.87 bits per heavy atom. The molecule has 0 saturated carbocycles. The molecule has 0 spiro atoms. The van der Waals surface area contributed by atoms with E-state index in [1.165, 1.54) is 15.4 Å². The van der Waals surface area contributed by atoms with Crippen LogP contribution in [-0.2, 0) is 14.6 Å². The van der Waals surface area contributed by atoms with E-state index in [0.29, 0.717) is 12.1 Å². The minimum atomic E-state index is -3.19. The van der Waals surface area contributed by atoms with Crippen molar-refractivity contribution in [2.45, 2.75) is 19.4 Å². The van der Waals surface area contributed by atoms with Crippen molar-refractivity contribution in [1.29, 1.82) is 0 Å². The molecule has 4 heterocycles. The average Bonchev–Trinajstić information content (AvgIpc) is 3.21. The molecular formula is C19H20N4O5S3. The number of amides is 1. The zero-order valence-corrected chi connectivity index (χ0v) is 19.0. The molecule has 2 aromatic heterocycles. The molecule has 9 nitrogen and oxygen atoms in total. The van der Waals surface area contributed by atoms with Crippen molar-refractivity contribution in [2.24, 2.45) is 0 Å². The Morgan fingerprint density at radius 2 is 2.19 bits per heavy atom. The third-order valence-electron chi connectivity index (χ3n) is 5.16. The van der Waals surface area contributed by atoms with Crippen LogP contribution in [0.15, 0.2) is 28.0 Å². The molecule has 0 aromatic carbocycles. The van der Waals surface area contributed by atoms with E-state index in [1.807, 2.05) is 13.0 Å². The Morgan fingerprint density at radius 1 is 1.42 bits per heavy atom. The molecule has 1 amide bonds. The SMILES string of the molecule is Cc1cccn2c(=O)c(C=C3SC(=S)N(C4CCS(=O)(=O)C4)C3=O)c(NCCO)nc12. The average molecular weight is 481 g/mol. The van der Waals surface area contributed by atoms with Gasteiger partial charge < -0.3 is 10.4 Å². The van der Waals surface area contributed by atoms with Crippen LogP contribution >= 0.6 is 24.0 Å². The summed E-state index contributed by atoms with van der Waals surface area (Å²) in [6, 6.07) is 3.07. The summed E-state index contributed by atoms with van der Waals surface area (Å²) in [7, 11) is -3.19. The second kappa shape index (κ2) is 8.34. The van der Waals surface area contributed by atoms with Crippen molar-refractivity contribution in [3.63, 3.8) is 0 Å². The van der Waals surface area contributed by atoms with Crippen LogP contribution in [0.4, 0.5) is 5.82 Å². The fourth-order valence-corrected chi connectivity index (χ4v) is 6.74. The molecule has 0 bridgehead atoms. The lowest BCUT2D eigenvalue weighted by Gasteiger charge is -2.20. The maximum atomic E-state index is 13.2. The normalized spacial score (nSPS) is 22.1. The Bertz CT molecular complexity index is 1290. The van der Waals surface area contributed by atoms with Gasteiger partial charge in [-0.3, -0.25) is 18.9 Å². The lowest BCUT2D eigenvalue weighted by atomic mass is 10.2. The number of carbonyl (C=O) groups excluding carboxylic acids is 1. The molecule has 1 unspecified atom stereocenters. The standard InChI is InChI=1S/C19H20N4O5S3/c1-11-3-2-6-22-16(11)21-15(20-5-7-24)13(17(22)25)9-14-18(26)23(19(29)30-14)12-4-8-31(27,28)10-12/h2-3,6,9,12,20,24H,4-5,7-8,10H2,1H3. The summed E-state index contributed by atoms with van der Waals surface area (Å²) in [6.45, 7) is 1.85. The second-order valence-electron chi connectivity index (χ2n) is 7.32. The summed E-state index contributed by atoms with van der Waals surface area (Å²) in [5, 5.41) is 12.1. The quantitative estimate of drug-likeness (QED) is 0.473. The first-order valence-electron chi connectivity index (χ1n) is 9.56. The Kier molecular flexibility index (Phi) is 5.90. The van der Waals surface area contributed by atoms with Gasteiger partial charge in [0.2, 0.25) is 0 Å². The van der Waals surface area contributed by atoms with E-state index < -0.39 is 21.8 Å². The number of aliphatic hydroxyl groups is 1. The maximum Gasteiger partial charge on any atom is 0.267 e. The number of rotatable bonds is 5. The first-order chi connectivity index (χ1) is 14.7. The number of aliphatic hydroxyl groups excluding tert-OH is 1. The molecule has 2 saturated heterocycles. The highest BCUT2D eigenvalue weighted by atomic mass is 32.2. The molecule has 4 rings (SSSR count). The number of hydrogen-bond donors (Lipinski definition) is 2. The highest BCUT2D eigenvalue weighted by Crippen LogP contribution is 2.36. The number of aryl methyl sites for hydroxylation is 1. The number of aromatic nitrogens is 2. The van der Waals surface area contributed by atoms with Crippen molar-refractivity contribution in [1.82, 2.24) is 14.3 Å². The Balaban J connectivity index is 1.78. The molecule has 31 heavy (non-hydrogen) atoms. The van der Waals surface area contributed by atoms with E-state index in [1.54, 1.807) is 12.3 Å². The third kappa shape index (κ3) is 4.12. The molecule has 164 valence electrons. The van der Waals surface area contributed by atoms with E-state index in [0.717, 1.165) is 17.3 Å². The van der Waals surface area contributed by atoms with Gasteiger partial charge in [-0.1, -0.05) is 30.0 Å². The monoisotopic (exact) mass is 480 g/mol. The van der Waals surface area contributed by atoms with Crippen LogP contribution in [-0.4, -0.2) is 68.7 Å². The van der Waals surface area contributed by atoms with Gasteiger partial charge in [0.15, 0.2) is 9.84 Å². The van der Waals surface area contributed by atoms with Gasteiger partial charge >= 0.3 is 0 Å². The number of thioether (sulfide) groups is 1. The van der Waals surface area contributed by atoms with Gasteiger partial charge in [-0.25, -0.2) is 13.4 Å². The molecule has 2 N–H and O–H groups in total. The smallest absolute Gasteiger partial charge is 0.267 e. The molecule has 1 atom stereocenters. The van der Waals surface area contributed by atoms with E-state index >= 15 is 0 Å². The van der Waals surface area contributed by atoms with E-state index in [4.69, 9.17) is 12.2 Å². The first-order valence-corrected chi connectivity index (χ1v) is 12.6. The van der Waals surface area contributed by atoms with Crippen LogP contribution in [0.5, 0.6) is 0 Å². The van der Waals surface area contributed by atoms with Crippen molar-refractivity contribution in [3.05, 3.63) is 44.7 Å². The molecule has 0 radical (unpaired) electrons. The van der Waals surface area contributed by atoms with Crippen LogP contribution < -0.4 is 10.9 Å². The van der Waals surface area contributed by atoms with Crippen molar-refractivity contribution >= 4 is 61.6 Å². The number of pyridine rings is 1. The number of thiocarbonyl (C=S) groups is 1. The number of nitrogens with zero attached hydrogens (tertiary/aromatic N) is 3. The highest BCUT2D eigenvalue weighted by molar-refractivity contribution is 8.26. The van der Waals surface area contributed by atoms with Gasteiger partial charge in [0.1, 0.15) is 15.8 Å². The van der Waals surface area contributed by atoms with Gasteiger partial charge in [0.05, 0.1) is 34.6 Å². The minimum Gasteiger partial charge on any atom is -0.395 e. The fourth-order valence-electron chi connectivity index (χ4n) is 3.66. The van der Waals surface area contributed by atoms with Gasteiger partial charge in [0, 0.05) is 12.7 Å².